The molecule has 0 aromatic heterocycles. The van der Waals surface area contributed by atoms with Crippen LogP contribution in [-0.2, 0) is 28.7 Å². The molecule has 5 heteroatoms. The number of hydrogen-bond donors (Lipinski definition) is 3. The molecule has 4 N–H and O–H groups in total. The molecule has 0 saturated carbocycles. The normalized spacial score (nSPS) is 17.0. The fourth-order valence-corrected chi connectivity index (χ4v) is 5.73. The second-order valence-corrected chi connectivity index (χ2v) is 14.3. The molecule has 0 radical (unpaired) electrons. The van der Waals surface area contributed by atoms with Crippen molar-refractivity contribution in [1.82, 2.24) is 5.32 Å². The maximum absolute atomic E-state index is 10.3. The van der Waals surface area contributed by atoms with Crippen LogP contribution in [0, 0.1) is 5.41 Å². The van der Waals surface area contributed by atoms with Crippen molar-refractivity contribution in [2.45, 2.75) is 176 Å². The smallest absolute Gasteiger partial charge is 0.0643 e. The number of allylic oxidation sites excluding steroid dienone is 2. The second-order valence-electron chi connectivity index (χ2n) is 14.3. The maximum Gasteiger partial charge on any atom is 0.0643 e. The Hall–Kier alpha value is -1.92. The van der Waals surface area contributed by atoms with Gasteiger partial charge in [-0.3, -0.25) is 0 Å². The standard InChI is InChI=1S/C36H63NO3.C4H8.C2H5N.C2H6/c1-29(36(3,4)5)18-20-32-26-31(19-21-33(32)27-35-28-34(38)25-30(2)40-35)17-13-9-7-11-15-23-39-24-16-12-8-10-14-22-37-6;1-3-4-2;1-2-3;1-2/h19,21,26,30,34-35,37-38H,1,7-18,20,22-25,27-28H2,2-6H3;3H,1,4H2,2H3;2H,1,3H2;1-2H3. The molecule has 1 fully saturated rings. The Labute approximate surface area is 305 Å². The molecule has 0 bridgehead atoms. The van der Waals surface area contributed by atoms with E-state index in [1.54, 1.807) is 0 Å². The first kappa shape index (κ1) is 49.2. The highest BCUT2D eigenvalue weighted by atomic mass is 16.5. The van der Waals surface area contributed by atoms with E-state index >= 15 is 0 Å². The highest BCUT2D eigenvalue weighted by molar-refractivity contribution is 5.34. The van der Waals surface area contributed by atoms with E-state index in [-0.39, 0.29) is 23.7 Å². The van der Waals surface area contributed by atoms with Gasteiger partial charge in [-0.25, -0.2) is 0 Å². The molecule has 2 rings (SSSR count). The first-order valence-corrected chi connectivity index (χ1v) is 19.8. The third-order valence-electron chi connectivity index (χ3n) is 8.80. The summed E-state index contributed by atoms with van der Waals surface area (Å²) in [4.78, 5) is 0. The van der Waals surface area contributed by atoms with Crippen LogP contribution in [0.1, 0.15) is 155 Å². The summed E-state index contributed by atoms with van der Waals surface area (Å²) >= 11 is 0. The Balaban J connectivity index is 0. The summed E-state index contributed by atoms with van der Waals surface area (Å²) in [7, 11) is 2.03. The van der Waals surface area contributed by atoms with Crippen LogP contribution in [0.2, 0.25) is 0 Å². The Morgan fingerprint density at radius 2 is 1.49 bits per heavy atom. The van der Waals surface area contributed by atoms with Gasteiger partial charge in [0, 0.05) is 13.2 Å². The molecular formula is C44H82N2O3. The van der Waals surface area contributed by atoms with E-state index in [1.807, 2.05) is 27.0 Å². The van der Waals surface area contributed by atoms with Crippen molar-refractivity contribution in [2.75, 3.05) is 26.8 Å². The second kappa shape index (κ2) is 33.2. The number of rotatable bonds is 22. The van der Waals surface area contributed by atoms with Gasteiger partial charge in [-0.15, -0.1) is 6.58 Å². The summed E-state index contributed by atoms with van der Waals surface area (Å²) in [6.45, 7) is 28.9. The molecule has 0 aliphatic carbocycles. The van der Waals surface area contributed by atoms with E-state index in [0.29, 0.717) is 0 Å². The molecule has 286 valence electrons. The number of benzene rings is 1. The number of nitrogens with two attached hydrogens (primary N) is 1. The van der Waals surface area contributed by atoms with Crippen LogP contribution in [0.3, 0.4) is 0 Å². The average molecular weight is 687 g/mol. The Morgan fingerprint density at radius 1 is 0.939 bits per heavy atom. The van der Waals surface area contributed by atoms with E-state index in [2.05, 4.69) is 83.6 Å². The van der Waals surface area contributed by atoms with Crippen molar-refractivity contribution in [3.05, 3.63) is 72.5 Å². The van der Waals surface area contributed by atoms with Crippen LogP contribution in [-0.4, -0.2) is 50.2 Å². The summed E-state index contributed by atoms with van der Waals surface area (Å²) in [5.74, 6) is 0. The van der Waals surface area contributed by atoms with Gasteiger partial charge >= 0.3 is 0 Å². The van der Waals surface area contributed by atoms with Crippen LogP contribution >= 0.6 is 0 Å². The Kier molecular flexibility index (Phi) is 33.4. The van der Waals surface area contributed by atoms with Crippen molar-refractivity contribution < 1.29 is 14.6 Å². The SMILES string of the molecule is C=C(CCc1cc(CCCCCCCOCCCCCCCNC)ccc1CC1CC(O)CC(C)O1)C(C)(C)C.C=CCC.C=CN.CC. The van der Waals surface area contributed by atoms with Gasteiger partial charge in [0.2, 0.25) is 0 Å². The minimum Gasteiger partial charge on any atom is -0.405 e. The van der Waals surface area contributed by atoms with Gasteiger partial charge in [0.15, 0.2) is 0 Å². The van der Waals surface area contributed by atoms with Crippen LogP contribution in [0.5, 0.6) is 0 Å². The molecule has 1 heterocycles. The molecule has 0 spiro atoms. The number of hydrogen-bond acceptors (Lipinski definition) is 5. The summed E-state index contributed by atoms with van der Waals surface area (Å²) in [5.41, 5.74) is 10.3. The molecule has 3 atom stereocenters. The van der Waals surface area contributed by atoms with Gasteiger partial charge in [-0.05, 0) is 119 Å². The zero-order valence-corrected chi connectivity index (χ0v) is 33.7. The Bertz CT molecular complexity index is 913. The van der Waals surface area contributed by atoms with Gasteiger partial charge in [-0.2, -0.15) is 0 Å². The minimum absolute atomic E-state index is 0.103. The predicted molar refractivity (Wildman–Crippen MR) is 217 cm³/mol. The monoisotopic (exact) mass is 687 g/mol. The van der Waals surface area contributed by atoms with E-state index < -0.39 is 0 Å². The summed E-state index contributed by atoms with van der Waals surface area (Å²) in [5, 5.41) is 13.5. The number of unbranched alkanes of at least 4 members (excludes halogenated alkanes) is 8. The molecule has 0 amide bonds. The molecule has 1 aliphatic rings. The highest BCUT2D eigenvalue weighted by Crippen LogP contribution is 2.30. The van der Waals surface area contributed by atoms with Gasteiger partial charge < -0.3 is 25.6 Å². The summed E-state index contributed by atoms with van der Waals surface area (Å²) in [6.07, 6.45) is 22.5. The number of aryl methyl sites for hydroxylation is 2. The molecular weight excluding hydrogens is 604 g/mol. The van der Waals surface area contributed by atoms with Crippen molar-refractivity contribution in [3.63, 3.8) is 0 Å². The molecule has 1 aromatic rings. The average Bonchev–Trinajstić information content (AvgIpc) is 3.06. The van der Waals surface area contributed by atoms with Gasteiger partial charge in [0.25, 0.3) is 0 Å². The molecule has 1 aliphatic heterocycles. The topological polar surface area (TPSA) is 76.7 Å². The van der Waals surface area contributed by atoms with E-state index in [1.165, 1.54) is 92.7 Å². The van der Waals surface area contributed by atoms with E-state index in [4.69, 9.17) is 9.47 Å². The first-order chi connectivity index (χ1) is 23.5. The largest absolute Gasteiger partial charge is 0.405 e. The third kappa shape index (κ3) is 28.5. The lowest BCUT2D eigenvalue weighted by Gasteiger charge is -2.32. The molecule has 5 nitrogen and oxygen atoms in total. The van der Waals surface area contributed by atoms with Crippen molar-refractivity contribution in [1.29, 1.82) is 0 Å². The number of nitrogens with one attached hydrogen (secondary N) is 1. The molecule has 3 unspecified atom stereocenters. The lowest BCUT2D eigenvalue weighted by atomic mass is 9.83. The third-order valence-corrected chi connectivity index (χ3v) is 8.80. The van der Waals surface area contributed by atoms with Gasteiger partial charge in [-0.1, -0.05) is 123 Å². The van der Waals surface area contributed by atoms with Crippen LogP contribution < -0.4 is 11.1 Å². The maximum atomic E-state index is 10.3. The molecule has 49 heavy (non-hydrogen) atoms. The molecule has 1 saturated heterocycles. The molecule has 1 aromatic carbocycles. The number of aliphatic hydroxyl groups is 1. The van der Waals surface area contributed by atoms with Crippen molar-refractivity contribution >= 4 is 0 Å². The lowest BCUT2D eigenvalue weighted by molar-refractivity contribution is -0.0866. The fourth-order valence-electron chi connectivity index (χ4n) is 5.73. The fraction of sp³-hybridized carbons (Fsp3) is 0.727. The van der Waals surface area contributed by atoms with Crippen LogP contribution in [0.4, 0.5) is 0 Å². The summed E-state index contributed by atoms with van der Waals surface area (Å²) in [6, 6.07) is 7.11. The highest BCUT2D eigenvalue weighted by Gasteiger charge is 2.26. The van der Waals surface area contributed by atoms with E-state index in [0.717, 1.165) is 64.7 Å². The number of aliphatic hydroxyl groups excluding tert-OH is 1. The zero-order valence-electron chi connectivity index (χ0n) is 33.7. The first-order valence-electron chi connectivity index (χ1n) is 19.8. The number of ether oxygens (including phenoxy) is 2. The lowest BCUT2D eigenvalue weighted by Crippen LogP contribution is -2.35. The van der Waals surface area contributed by atoms with Crippen molar-refractivity contribution in [2.24, 2.45) is 11.1 Å². The quantitative estimate of drug-likeness (QED) is 0.0836. The van der Waals surface area contributed by atoms with E-state index in [9.17, 15) is 5.11 Å². The zero-order chi connectivity index (χ0) is 37.3. The predicted octanol–water partition coefficient (Wildman–Crippen LogP) is 11.1. The van der Waals surface area contributed by atoms with Crippen LogP contribution in [0.15, 0.2) is 55.8 Å². The van der Waals surface area contributed by atoms with Gasteiger partial charge in [0.1, 0.15) is 0 Å². The summed E-state index contributed by atoms with van der Waals surface area (Å²) < 4.78 is 12.0. The van der Waals surface area contributed by atoms with Gasteiger partial charge in [0.05, 0.1) is 18.3 Å². The van der Waals surface area contributed by atoms with Crippen LogP contribution in [0.25, 0.3) is 0 Å². The minimum atomic E-state index is -0.244. The Morgan fingerprint density at radius 3 is 2.02 bits per heavy atom. The van der Waals surface area contributed by atoms with Crippen molar-refractivity contribution in [3.8, 4) is 0 Å².